The molecule has 0 aliphatic heterocycles. The Morgan fingerprint density at radius 3 is 2.33 bits per heavy atom. The molecule has 0 aromatic rings. The first-order valence-corrected chi connectivity index (χ1v) is 2.36. The van der Waals surface area contributed by atoms with Crippen LogP contribution in [0, 0.1) is 6.92 Å². The summed E-state index contributed by atoms with van der Waals surface area (Å²) in [4.78, 5) is 0. The van der Waals surface area contributed by atoms with E-state index >= 15 is 0 Å². The molecule has 0 aromatic heterocycles. The van der Waals surface area contributed by atoms with Crippen molar-refractivity contribution in [2.45, 2.75) is 25.8 Å². The van der Waals surface area contributed by atoms with Gasteiger partial charge >= 0.3 is 0 Å². The molecule has 6 heavy (non-hydrogen) atoms. The molecule has 0 heterocycles. The highest BCUT2D eigenvalue weighted by molar-refractivity contribution is 4.59. The van der Waals surface area contributed by atoms with Crippen LogP contribution in [0.25, 0.3) is 0 Å². The van der Waals surface area contributed by atoms with Gasteiger partial charge in [-0.25, -0.2) is 0 Å². The maximum absolute atomic E-state index is 5.29. The van der Waals surface area contributed by atoms with E-state index in [1.807, 2.05) is 0 Å². The van der Waals surface area contributed by atoms with Crippen molar-refractivity contribution >= 4 is 0 Å². The number of rotatable bonds is 2. The van der Waals surface area contributed by atoms with E-state index in [9.17, 15) is 0 Å². The summed E-state index contributed by atoms with van der Waals surface area (Å²) >= 11 is 0. The van der Waals surface area contributed by atoms with Crippen molar-refractivity contribution in [3.8, 4) is 0 Å². The third kappa shape index (κ3) is 3.96. The van der Waals surface area contributed by atoms with Crippen molar-refractivity contribution in [1.82, 2.24) is 0 Å². The lowest BCUT2D eigenvalue weighted by Crippen LogP contribution is -2.13. The van der Waals surface area contributed by atoms with Crippen LogP contribution in [-0.2, 0) is 0 Å². The Balaban J connectivity index is 2.63. The fourth-order valence-electron chi connectivity index (χ4n) is 0.371. The van der Waals surface area contributed by atoms with Gasteiger partial charge in [0.1, 0.15) is 0 Å². The summed E-state index contributed by atoms with van der Waals surface area (Å²) in [6.07, 6.45) is 2.19. The Hall–Kier alpha value is -0.0400. The summed E-state index contributed by atoms with van der Waals surface area (Å²) in [5.41, 5.74) is 5.29. The Morgan fingerprint density at radius 2 is 2.33 bits per heavy atom. The quantitative estimate of drug-likeness (QED) is 0.532. The van der Waals surface area contributed by atoms with Gasteiger partial charge in [-0.15, -0.1) is 0 Å². The van der Waals surface area contributed by atoms with Crippen LogP contribution in [0.4, 0.5) is 0 Å². The lowest BCUT2D eigenvalue weighted by Gasteiger charge is -1.96. The summed E-state index contributed by atoms with van der Waals surface area (Å²) in [5.74, 6) is 0. The summed E-state index contributed by atoms with van der Waals surface area (Å²) in [6.45, 7) is 5.71. The van der Waals surface area contributed by atoms with Gasteiger partial charge in [-0.05, 0) is 13.3 Å². The van der Waals surface area contributed by atoms with Crippen LogP contribution in [0.3, 0.4) is 0 Å². The topological polar surface area (TPSA) is 26.0 Å². The van der Waals surface area contributed by atoms with Crippen LogP contribution in [-0.4, -0.2) is 6.04 Å². The van der Waals surface area contributed by atoms with E-state index in [-0.39, 0.29) is 6.04 Å². The largest absolute Gasteiger partial charge is 0.328 e. The number of hydrogen-bond donors (Lipinski definition) is 1. The molecule has 0 amide bonds. The molecule has 0 rings (SSSR count). The molecule has 1 radical (unpaired) electrons. The highest BCUT2D eigenvalue weighted by Gasteiger charge is 1.85. The van der Waals surface area contributed by atoms with E-state index in [1.54, 1.807) is 0 Å². The summed E-state index contributed by atoms with van der Waals surface area (Å²) in [6, 6.07) is 0.148. The molecule has 0 unspecified atom stereocenters. The van der Waals surface area contributed by atoms with Crippen molar-refractivity contribution in [1.29, 1.82) is 0 Å². The first-order valence-electron chi connectivity index (χ1n) is 2.36. The minimum absolute atomic E-state index is 0.148. The second-order valence-electron chi connectivity index (χ2n) is 1.55. The monoisotopic (exact) mass is 86.1 g/mol. The predicted molar refractivity (Wildman–Crippen MR) is 28.2 cm³/mol. The molecule has 0 saturated heterocycles. The normalized spacial score (nSPS) is 14.5. The zero-order chi connectivity index (χ0) is 4.99. The Morgan fingerprint density at radius 1 is 1.83 bits per heavy atom. The summed E-state index contributed by atoms with van der Waals surface area (Å²) in [5, 5.41) is 0. The second-order valence-corrected chi connectivity index (χ2v) is 1.55. The van der Waals surface area contributed by atoms with Crippen molar-refractivity contribution in [3.05, 3.63) is 6.92 Å². The van der Waals surface area contributed by atoms with Gasteiger partial charge in [-0.2, -0.15) is 0 Å². The van der Waals surface area contributed by atoms with Gasteiger partial charge in [-0.1, -0.05) is 13.3 Å². The van der Waals surface area contributed by atoms with Crippen molar-refractivity contribution in [3.63, 3.8) is 0 Å². The molecule has 1 atom stereocenters. The van der Waals surface area contributed by atoms with E-state index in [1.165, 1.54) is 0 Å². The van der Waals surface area contributed by atoms with Crippen molar-refractivity contribution in [2.24, 2.45) is 5.73 Å². The van der Waals surface area contributed by atoms with Crippen LogP contribution < -0.4 is 5.73 Å². The highest BCUT2D eigenvalue weighted by atomic mass is 14.6. The van der Waals surface area contributed by atoms with Gasteiger partial charge in [0, 0.05) is 6.04 Å². The fraction of sp³-hybridized carbons (Fsp3) is 0.800. The number of nitrogens with two attached hydrogens (primary N) is 1. The maximum Gasteiger partial charge on any atom is 0.00393 e. The third-order valence-electron chi connectivity index (χ3n) is 0.659. The van der Waals surface area contributed by atoms with E-state index in [0.29, 0.717) is 0 Å². The molecular weight excluding hydrogens is 74.1 g/mol. The zero-order valence-electron chi connectivity index (χ0n) is 4.28. The van der Waals surface area contributed by atoms with Crippen molar-refractivity contribution in [2.75, 3.05) is 0 Å². The van der Waals surface area contributed by atoms with Crippen LogP contribution >= 0.6 is 0 Å². The smallest absolute Gasteiger partial charge is 0.00393 e. The van der Waals surface area contributed by atoms with E-state index in [4.69, 9.17) is 5.73 Å². The Kier molecular flexibility index (Phi) is 3.14. The first kappa shape index (κ1) is 5.96. The average Bonchev–Trinajstić information content (AvgIpc) is 1.35. The lowest BCUT2D eigenvalue weighted by molar-refractivity contribution is 0.701. The average molecular weight is 86.2 g/mol. The molecule has 0 aliphatic carbocycles. The molecule has 0 aromatic carbocycles. The second kappa shape index (κ2) is 3.16. The van der Waals surface area contributed by atoms with Crippen LogP contribution in [0.15, 0.2) is 0 Å². The molecule has 2 N–H and O–H groups in total. The minimum atomic E-state index is 0.148. The van der Waals surface area contributed by atoms with Gasteiger partial charge in [0.15, 0.2) is 0 Å². The Bertz CT molecular complexity index is 25.1. The SMILES string of the molecule is [CH2][C@@H](N)CCC. The maximum atomic E-state index is 5.29. The minimum Gasteiger partial charge on any atom is -0.328 e. The molecule has 0 saturated carbocycles. The Labute approximate surface area is 39.5 Å². The van der Waals surface area contributed by atoms with E-state index < -0.39 is 0 Å². The van der Waals surface area contributed by atoms with Crippen LogP contribution in [0.5, 0.6) is 0 Å². The fourth-order valence-corrected chi connectivity index (χ4v) is 0.371. The molecule has 0 fully saturated rings. The van der Waals surface area contributed by atoms with E-state index in [2.05, 4.69) is 13.8 Å². The van der Waals surface area contributed by atoms with Crippen LogP contribution in [0.1, 0.15) is 19.8 Å². The molecular formula is C5H12N. The molecule has 37 valence electrons. The first-order chi connectivity index (χ1) is 2.77. The molecule has 0 bridgehead atoms. The van der Waals surface area contributed by atoms with Crippen molar-refractivity contribution < 1.29 is 0 Å². The summed E-state index contributed by atoms with van der Waals surface area (Å²) < 4.78 is 0. The van der Waals surface area contributed by atoms with Gasteiger partial charge in [0.2, 0.25) is 0 Å². The van der Waals surface area contributed by atoms with Gasteiger partial charge in [0.25, 0.3) is 0 Å². The van der Waals surface area contributed by atoms with Gasteiger partial charge in [0.05, 0.1) is 0 Å². The van der Waals surface area contributed by atoms with E-state index in [0.717, 1.165) is 12.8 Å². The standard InChI is InChI=1S/C5H12N/c1-3-4-5(2)6/h5H,2-4,6H2,1H3/t5-/m1/s1. The molecule has 0 spiro atoms. The zero-order valence-corrected chi connectivity index (χ0v) is 4.28. The molecule has 0 aliphatic rings. The predicted octanol–water partition coefficient (Wildman–Crippen LogP) is 0.948. The lowest BCUT2D eigenvalue weighted by atomic mass is 10.2. The van der Waals surface area contributed by atoms with Gasteiger partial charge < -0.3 is 5.73 Å². The molecule has 1 nitrogen and oxygen atoms in total. The number of hydrogen-bond acceptors (Lipinski definition) is 1. The highest BCUT2D eigenvalue weighted by Crippen LogP contribution is 1.87. The molecule has 1 heteroatoms. The van der Waals surface area contributed by atoms with Gasteiger partial charge in [-0.3, -0.25) is 0 Å². The van der Waals surface area contributed by atoms with Crippen LogP contribution in [0.2, 0.25) is 0 Å². The third-order valence-corrected chi connectivity index (χ3v) is 0.659. The summed E-state index contributed by atoms with van der Waals surface area (Å²) in [7, 11) is 0.